The van der Waals surface area contributed by atoms with Crippen molar-refractivity contribution in [3.8, 4) is 0 Å². The van der Waals surface area contributed by atoms with E-state index in [-0.39, 0.29) is 6.04 Å². The number of carbonyl (C=O) groups is 2. The Kier molecular flexibility index (Phi) is 4.65. The lowest BCUT2D eigenvalue weighted by Gasteiger charge is -2.20. The summed E-state index contributed by atoms with van der Waals surface area (Å²) in [6.07, 6.45) is -1.12. The molecule has 0 aromatic carbocycles. The van der Waals surface area contributed by atoms with Crippen LogP contribution in [0.1, 0.15) is 19.3 Å². The maximum Gasteiger partial charge on any atom is 0.317 e. The van der Waals surface area contributed by atoms with Crippen LogP contribution in [0.5, 0.6) is 0 Å². The van der Waals surface area contributed by atoms with E-state index in [9.17, 15) is 18.4 Å². The zero-order valence-electron chi connectivity index (χ0n) is 9.53. The van der Waals surface area contributed by atoms with Gasteiger partial charge in [0.05, 0.1) is 12.5 Å². The SMILES string of the molecule is CN(CC(F)F)C(=O)N[C@H]1CC[C@@H](C(=O)O)C1. The van der Waals surface area contributed by atoms with Crippen molar-refractivity contribution in [2.75, 3.05) is 13.6 Å². The van der Waals surface area contributed by atoms with Crippen molar-refractivity contribution in [3.05, 3.63) is 0 Å². The van der Waals surface area contributed by atoms with Gasteiger partial charge in [0.25, 0.3) is 6.43 Å². The highest BCUT2D eigenvalue weighted by molar-refractivity contribution is 5.75. The maximum atomic E-state index is 12.0. The number of carboxylic acids is 1. The molecular formula is C10H16F2N2O3. The quantitative estimate of drug-likeness (QED) is 0.786. The van der Waals surface area contributed by atoms with Gasteiger partial charge in [-0.15, -0.1) is 0 Å². The van der Waals surface area contributed by atoms with Crippen LogP contribution in [-0.4, -0.2) is 48.1 Å². The molecule has 1 saturated carbocycles. The minimum atomic E-state index is -2.57. The van der Waals surface area contributed by atoms with E-state index in [1.54, 1.807) is 0 Å². The summed E-state index contributed by atoms with van der Waals surface area (Å²) in [5.41, 5.74) is 0. The number of aliphatic carboxylic acids is 1. The highest BCUT2D eigenvalue weighted by atomic mass is 19.3. The second-order valence-electron chi connectivity index (χ2n) is 4.27. The third kappa shape index (κ3) is 4.16. The van der Waals surface area contributed by atoms with Gasteiger partial charge >= 0.3 is 12.0 Å². The molecule has 0 radical (unpaired) electrons. The lowest BCUT2D eigenvalue weighted by Crippen LogP contribution is -2.43. The molecule has 0 unspecified atom stereocenters. The molecule has 0 aromatic rings. The minimum Gasteiger partial charge on any atom is -0.481 e. The molecule has 1 fully saturated rings. The molecule has 0 saturated heterocycles. The molecule has 98 valence electrons. The summed E-state index contributed by atoms with van der Waals surface area (Å²) in [5.74, 6) is -1.32. The molecule has 1 rings (SSSR count). The van der Waals surface area contributed by atoms with Gasteiger partial charge in [-0.2, -0.15) is 0 Å². The van der Waals surface area contributed by atoms with Gasteiger partial charge in [-0.25, -0.2) is 13.6 Å². The Labute approximate surface area is 97.8 Å². The van der Waals surface area contributed by atoms with Gasteiger partial charge in [0.1, 0.15) is 0 Å². The number of rotatable bonds is 4. The Morgan fingerprint density at radius 1 is 1.47 bits per heavy atom. The summed E-state index contributed by atoms with van der Waals surface area (Å²) in [6, 6.07) is -0.815. The minimum absolute atomic E-state index is 0.233. The molecule has 7 heteroatoms. The van der Waals surface area contributed by atoms with Crippen molar-refractivity contribution in [1.29, 1.82) is 0 Å². The van der Waals surface area contributed by atoms with E-state index in [1.807, 2.05) is 0 Å². The Balaban J connectivity index is 2.35. The molecule has 1 aliphatic carbocycles. The second-order valence-corrected chi connectivity index (χ2v) is 4.27. The van der Waals surface area contributed by atoms with Crippen molar-refractivity contribution < 1.29 is 23.5 Å². The van der Waals surface area contributed by atoms with Crippen LogP contribution < -0.4 is 5.32 Å². The van der Waals surface area contributed by atoms with E-state index in [0.29, 0.717) is 19.3 Å². The largest absolute Gasteiger partial charge is 0.481 e. The summed E-state index contributed by atoms with van der Waals surface area (Å²) in [5, 5.41) is 11.3. The fourth-order valence-corrected chi connectivity index (χ4v) is 1.91. The maximum absolute atomic E-state index is 12.0. The monoisotopic (exact) mass is 250 g/mol. The van der Waals surface area contributed by atoms with Crippen LogP contribution in [0.4, 0.5) is 13.6 Å². The number of halogens is 2. The van der Waals surface area contributed by atoms with E-state index < -0.39 is 30.9 Å². The molecule has 5 nitrogen and oxygen atoms in total. The molecule has 0 spiro atoms. The highest BCUT2D eigenvalue weighted by Gasteiger charge is 2.31. The van der Waals surface area contributed by atoms with Crippen molar-refractivity contribution >= 4 is 12.0 Å². The van der Waals surface area contributed by atoms with Crippen LogP contribution in [0.25, 0.3) is 0 Å². The van der Waals surface area contributed by atoms with Gasteiger partial charge in [0.2, 0.25) is 0 Å². The van der Waals surface area contributed by atoms with Crippen molar-refractivity contribution in [2.45, 2.75) is 31.7 Å². The topological polar surface area (TPSA) is 69.6 Å². The molecule has 0 bridgehead atoms. The molecule has 0 aliphatic heterocycles. The normalized spacial score (nSPS) is 23.8. The Morgan fingerprint density at radius 2 is 2.12 bits per heavy atom. The van der Waals surface area contributed by atoms with Crippen molar-refractivity contribution in [1.82, 2.24) is 10.2 Å². The number of hydrogen-bond donors (Lipinski definition) is 2. The van der Waals surface area contributed by atoms with E-state index in [1.165, 1.54) is 7.05 Å². The summed E-state index contributed by atoms with van der Waals surface area (Å²) in [7, 11) is 1.28. The van der Waals surface area contributed by atoms with Crippen LogP contribution in [0.3, 0.4) is 0 Å². The number of nitrogens with one attached hydrogen (secondary N) is 1. The van der Waals surface area contributed by atoms with Crippen molar-refractivity contribution in [3.63, 3.8) is 0 Å². The number of carboxylic acid groups (broad SMARTS) is 1. The fraction of sp³-hybridized carbons (Fsp3) is 0.800. The average molecular weight is 250 g/mol. The van der Waals surface area contributed by atoms with Crippen LogP contribution in [-0.2, 0) is 4.79 Å². The smallest absolute Gasteiger partial charge is 0.317 e. The standard InChI is InChI=1S/C10H16F2N2O3/c1-14(5-8(11)12)10(17)13-7-3-2-6(4-7)9(15)16/h6-8H,2-5H2,1H3,(H,13,17)(H,15,16)/t6-,7+/m1/s1. The third-order valence-corrected chi connectivity index (χ3v) is 2.87. The summed E-state index contributed by atoms with van der Waals surface area (Å²) < 4.78 is 24.1. The lowest BCUT2D eigenvalue weighted by molar-refractivity contribution is -0.141. The first-order chi connectivity index (χ1) is 7.90. The lowest BCUT2D eigenvalue weighted by atomic mass is 10.1. The summed E-state index contributed by atoms with van der Waals surface area (Å²) in [4.78, 5) is 23.0. The van der Waals surface area contributed by atoms with Gasteiger partial charge in [0.15, 0.2) is 0 Å². The average Bonchev–Trinajstić information content (AvgIpc) is 2.65. The van der Waals surface area contributed by atoms with Gasteiger partial charge < -0.3 is 15.3 Å². The number of nitrogens with zero attached hydrogens (tertiary/aromatic N) is 1. The molecule has 0 aromatic heterocycles. The van der Waals surface area contributed by atoms with E-state index in [0.717, 1.165) is 4.90 Å². The first-order valence-corrected chi connectivity index (χ1v) is 5.42. The fourth-order valence-electron chi connectivity index (χ4n) is 1.91. The molecule has 1 aliphatic rings. The molecular weight excluding hydrogens is 234 g/mol. The second kappa shape index (κ2) is 5.79. The molecule has 2 atom stereocenters. The van der Waals surface area contributed by atoms with Gasteiger partial charge in [0, 0.05) is 13.1 Å². The van der Waals surface area contributed by atoms with E-state index >= 15 is 0 Å². The van der Waals surface area contributed by atoms with Crippen LogP contribution in [0.15, 0.2) is 0 Å². The zero-order chi connectivity index (χ0) is 13.0. The van der Waals surface area contributed by atoms with Crippen molar-refractivity contribution in [2.24, 2.45) is 5.92 Å². The number of amides is 2. The Hall–Kier alpha value is -1.40. The number of alkyl halides is 2. The number of carbonyl (C=O) groups excluding carboxylic acids is 1. The van der Waals surface area contributed by atoms with E-state index in [2.05, 4.69) is 5.32 Å². The number of urea groups is 1. The predicted octanol–water partition coefficient (Wildman–Crippen LogP) is 1.15. The Morgan fingerprint density at radius 3 is 2.59 bits per heavy atom. The first kappa shape index (κ1) is 13.7. The third-order valence-electron chi connectivity index (χ3n) is 2.87. The van der Waals surface area contributed by atoms with Gasteiger partial charge in [-0.3, -0.25) is 4.79 Å². The molecule has 17 heavy (non-hydrogen) atoms. The first-order valence-electron chi connectivity index (χ1n) is 5.42. The summed E-state index contributed by atoms with van der Waals surface area (Å²) in [6.45, 7) is -0.624. The number of hydrogen-bond acceptors (Lipinski definition) is 2. The molecule has 0 heterocycles. The van der Waals surface area contributed by atoms with Gasteiger partial charge in [-0.1, -0.05) is 0 Å². The van der Waals surface area contributed by atoms with Crippen LogP contribution >= 0.6 is 0 Å². The summed E-state index contributed by atoms with van der Waals surface area (Å²) >= 11 is 0. The predicted molar refractivity (Wildman–Crippen MR) is 55.9 cm³/mol. The Bertz CT molecular complexity index is 299. The molecule has 2 amide bonds. The molecule has 2 N–H and O–H groups in total. The highest BCUT2D eigenvalue weighted by Crippen LogP contribution is 2.25. The van der Waals surface area contributed by atoms with Crippen LogP contribution in [0.2, 0.25) is 0 Å². The van der Waals surface area contributed by atoms with Gasteiger partial charge in [-0.05, 0) is 19.3 Å². The zero-order valence-corrected chi connectivity index (χ0v) is 9.53. The van der Waals surface area contributed by atoms with Crippen LogP contribution in [0, 0.1) is 5.92 Å². The van der Waals surface area contributed by atoms with E-state index in [4.69, 9.17) is 5.11 Å².